The molecule has 3 unspecified atom stereocenters. The highest BCUT2D eigenvalue weighted by atomic mass is 19.4. The van der Waals surface area contributed by atoms with Crippen molar-refractivity contribution < 1.29 is 45.1 Å². The minimum Gasteiger partial charge on any atom is -0.487 e. The third-order valence-corrected chi connectivity index (χ3v) is 10.3. The Kier molecular flexibility index (Phi) is 9.06. The molecule has 0 fully saturated rings. The lowest BCUT2D eigenvalue weighted by Gasteiger charge is -2.39. The van der Waals surface area contributed by atoms with Gasteiger partial charge in [-0.2, -0.15) is 36.2 Å². The van der Waals surface area contributed by atoms with E-state index in [9.17, 15) is 26.3 Å². The van der Waals surface area contributed by atoms with Gasteiger partial charge in [0.25, 0.3) is 0 Å². The lowest BCUT2D eigenvalue weighted by molar-refractivity contribution is -0.714. The number of hydrogen-bond donors (Lipinski definition) is 3. The maximum Gasteiger partial charge on any atom is 0.445 e. The van der Waals surface area contributed by atoms with Crippen LogP contribution in [0.5, 0.6) is 11.5 Å². The molecular formula is C39H36F6N8O3+2. The fourth-order valence-electron chi connectivity index (χ4n) is 7.27. The number of hydrogen-bond acceptors (Lipinski definition) is 7. The predicted octanol–water partition coefficient (Wildman–Crippen LogP) is 9.23. The van der Waals surface area contributed by atoms with Crippen LogP contribution < -0.4 is 19.4 Å². The molecule has 2 aliphatic rings. The first-order chi connectivity index (χ1) is 26.6. The summed E-state index contributed by atoms with van der Waals surface area (Å²) >= 11 is 0. The van der Waals surface area contributed by atoms with Gasteiger partial charge in [0.15, 0.2) is 24.1 Å². The first-order valence-corrected chi connectivity index (χ1v) is 17.9. The molecule has 0 saturated carbocycles. The van der Waals surface area contributed by atoms with E-state index >= 15 is 0 Å². The topological polar surface area (TPSA) is 118 Å². The van der Waals surface area contributed by atoms with Gasteiger partial charge in [0.2, 0.25) is 24.1 Å². The molecule has 6 aromatic rings. The molecule has 4 atom stereocenters. The molecule has 4 aromatic heterocycles. The molecule has 0 amide bonds. The third kappa shape index (κ3) is 7.16. The number of aromatic amines is 2. The van der Waals surface area contributed by atoms with Crippen molar-refractivity contribution in [3.63, 3.8) is 0 Å². The molecule has 11 nitrogen and oxygen atoms in total. The summed E-state index contributed by atoms with van der Waals surface area (Å²) < 4.78 is 103. The van der Waals surface area contributed by atoms with E-state index in [2.05, 4.69) is 41.2 Å². The number of para-hydroxylation sites is 2. The summed E-state index contributed by atoms with van der Waals surface area (Å²) in [6.45, 7) is 5.68. The van der Waals surface area contributed by atoms with Crippen LogP contribution in [0.1, 0.15) is 74.5 Å². The molecule has 0 radical (unpaired) electrons. The van der Waals surface area contributed by atoms with Gasteiger partial charge in [-0.25, -0.2) is 4.57 Å². The second-order valence-electron chi connectivity index (χ2n) is 14.6. The standard InChI is InChI=1S/C39H35F6N8O3/c1-4-36(2)16-27(24-10-6-8-12-29(24)55-36)50-34-26-14-31(39(43,44)45)52-35(26)53(20-49-34)21-54-18-37(3)15-22(23-9-5-7-11-28(23)56-37)17-46-32-25-13-30(38(40,41)42)51-33(25)48-19-47-32/h5-14,19-20,22,27H,4,15-16,18,21H2,1-3H3,(H2,47,48,50,51,52)/q+1/p+1/t22?,27?,36?,37-/m1/s1. The molecule has 0 spiro atoms. The summed E-state index contributed by atoms with van der Waals surface area (Å²) in [5.41, 5.74) is -1.59. The van der Waals surface area contributed by atoms with Crippen LogP contribution in [0.3, 0.4) is 0 Å². The summed E-state index contributed by atoms with van der Waals surface area (Å²) in [5.74, 6) is 1.05. The zero-order valence-corrected chi connectivity index (χ0v) is 30.3. The Hall–Kier alpha value is -5.89. The maximum atomic E-state index is 14.1. The van der Waals surface area contributed by atoms with Crippen molar-refractivity contribution in [2.24, 2.45) is 0 Å². The molecule has 0 saturated heterocycles. The van der Waals surface area contributed by atoms with Gasteiger partial charge < -0.3 is 24.5 Å². The molecule has 17 heteroatoms. The second-order valence-corrected chi connectivity index (χ2v) is 14.6. The van der Waals surface area contributed by atoms with Gasteiger partial charge in [-0.05, 0) is 43.5 Å². The number of H-pyrrole nitrogens is 2. The molecule has 3 N–H and O–H groups in total. The molecule has 56 heavy (non-hydrogen) atoms. The number of fused-ring (bicyclic) bond motifs is 4. The fraction of sp³-hybridized carbons (Fsp3) is 0.359. The Balaban J connectivity index is 1.04. The number of ether oxygens (including phenoxy) is 3. The molecule has 8 rings (SSSR count). The van der Waals surface area contributed by atoms with Crippen LogP contribution in [0.4, 0.5) is 38.0 Å². The fourth-order valence-corrected chi connectivity index (χ4v) is 7.27. The van der Waals surface area contributed by atoms with E-state index in [0.717, 1.165) is 36.0 Å². The summed E-state index contributed by atoms with van der Waals surface area (Å²) in [6, 6.07) is 19.5. The molecule has 0 aliphatic carbocycles. The molecule has 0 bridgehead atoms. The summed E-state index contributed by atoms with van der Waals surface area (Å²) in [7, 11) is 0. The van der Waals surface area contributed by atoms with E-state index in [1.165, 1.54) is 10.9 Å². The number of rotatable bonds is 7. The van der Waals surface area contributed by atoms with Gasteiger partial charge in [-0.1, -0.05) is 48.3 Å². The lowest BCUT2D eigenvalue weighted by Crippen LogP contribution is -2.45. The quantitative estimate of drug-likeness (QED) is 0.109. The lowest BCUT2D eigenvalue weighted by atomic mass is 9.84. The Morgan fingerprint density at radius 2 is 1.54 bits per heavy atom. The van der Waals surface area contributed by atoms with E-state index in [1.807, 2.05) is 57.2 Å². The molecular weight excluding hydrogens is 742 g/mol. The highest BCUT2D eigenvalue weighted by Crippen LogP contribution is 2.44. The highest BCUT2D eigenvalue weighted by molar-refractivity contribution is 5.88. The van der Waals surface area contributed by atoms with Crippen LogP contribution >= 0.6 is 0 Å². The Morgan fingerprint density at radius 3 is 2.27 bits per heavy atom. The molecule has 290 valence electrons. The Bertz CT molecular complexity index is 2510. The van der Waals surface area contributed by atoms with Crippen molar-refractivity contribution in [2.75, 3.05) is 11.9 Å². The minimum atomic E-state index is -4.65. The van der Waals surface area contributed by atoms with Crippen molar-refractivity contribution >= 4 is 33.7 Å². The number of benzene rings is 2. The molecule has 2 aliphatic heterocycles. The number of anilines is 1. The highest BCUT2D eigenvalue weighted by Gasteiger charge is 2.41. The number of nitrogens with one attached hydrogen (secondary N) is 3. The SMILES string of the molecule is CCC1(C)CC(Nc2nc[n+](COC[C@@]3(C)CC(C#[N+]c4ncnc5[nH]c(C(F)(F)F)cc45)c4ccccc4O3)c3[nH]c(C(F)(F)F)cc23)c2ccccc2O1. The summed E-state index contributed by atoms with van der Waals surface area (Å²) in [6.07, 6.45) is -5.13. The normalized spacial score (nSPS) is 22.1. The number of nitrogens with zero attached hydrogens (tertiary/aromatic N) is 5. The Labute approximate surface area is 315 Å². The van der Waals surface area contributed by atoms with Gasteiger partial charge in [-0.15, -0.1) is 0 Å². The van der Waals surface area contributed by atoms with Crippen molar-refractivity contribution in [3.05, 3.63) is 101 Å². The van der Waals surface area contributed by atoms with E-state index in [1.54, 1.807) is 12.1 Å². The van der Waals surface area contributed by atoms with Crippen LogP contribution in [0.25, 0.3) is 26.9 Å². The van der Waals surface area contributed by atoms with E-state index < -0.39 is 40.9 Å². The van der Waals surface area contributed by atoms with Gasteiger partial charge in [0.1, 0.15) is 45.1 Å². The monoisotopic (exact) mass is 778 g/mol. The van der Waals surface area contributed by atoms with Crippen molar-refractivity contribution in [1.29, 1.82) is 0 Å². The largest absolute Gasteiger partial charge is 0.487 e. The number of aromatic nitrogens is 6. The van der Waals surface area contributed by atoms with E-state index in [-0.39, 0.29) is 53.1 Å². The zero-order chi connectivity index (χ0) is 39.5. The summed E-state index contributed by atoms with van der Waals surface area (Å²) in [4.78, 5) is 21.7. The first-order valence-electron chi connectivity index (χ1n) is 17.9. The molecule has 2 aromatic carbocycles. The van der Waals surface area contributed by atoms with Gasteiger partial charge in [0.05, 0.1) is 12.6 Å². The van der Waals surface area contributed by atoms with Gasteiger partial charge in [-0.3, -0.25) is 4.98 Å². The van der Waals surface area contributed by atoms with Gasteiger partial charge in [0, 0.05) is 30.0 Å². The maximum absolute atomic E-state index is 14.1. The number of alkyl halides is 6. The van der Waals surface area contributed by atoms with Crippen molar-refractivity contribution in [2.45, 2.75) is 82.3 Å². The number of halogens is 6. The van der Waals surface area contributed by atoms with E-state index in [4.69, 9.17) is 14.2 Å². The second kappa shape index (κ2) is 13.7. The summed E-state index contributed by atoms with van der Waals surface area (Å²) in [5, 5.41) is 3.72. The predicted molar refractivity (Wildman–Crippen MR) is 193 cm³/mol. The molecule has 6 heterocycles. The van der Waals surface area contributed by atoms with Crippen LogP contribution in [-0.2, 0) is 23.8 Å². The van der Waals surface area contributed by atoms with Crippen LogP contribution in [0.2, 0.25) is 0 Å². The van der Waals surface area contributed by atoms with Gasteiger partial charge >= 0.3 is 18.2 Å². The first kappa shape index (κ1) is 37.1. The van der Waals surface area contributed by atoms with E-state index in [0.29, 0.717) is 24.3 Å². The van der Waals surface area contributed by atoms with Crippen LogP contribution in [-0.4, -0.2) is 42.7 Å². The van der Waals surface area contributed by atoms with Crippen LogP contribution in [0.15, 0.2) is 73.3 Å². The van der Waals surface area contributed by atoms with Crippen molar-refractivity contribution in [1.82, 2.24) is 24.9 Å². The zero-order valence-electron chi connectivity index (χ0n) is 30.3. The van der Waals surface area contributed by atoms with Crippen LogP contribution in [0, 0.1) is 6.07 Å². The average Bonchev–Trinajstić information content (AvgIpc) is 3.82. The third-order valence-electron chi connectivity index (χ3n) is 10.3. The average molecular weight is 779 g/mol. The smallest absolute Gasteiger partial charge is 0.445 e. The minimum absolute atomic E-state index is 0.000189. The van der Waals surface area contributed by atoms with Crippen molar-refractivity contribution in [3.8, 4) is 17.6 Å². The Morgan fingerprint density at radius 1 is 0.875 bits per heavy atom.